The summed E-state index contributed by atoms with van der Waals surface area (Å²) in [5.74, 6) is 0.869. The number of nitrogens with zero attached hydrogens (tertiary/aromatic N) is 1. The van der Waals surface area contributed by atoms with E-state index in [9.17, 15) is 0 Å². The average molecular weight is 289 g/mol. The third kappa shape index (κ3) is 4.28. The third-order valence-electron chi connectivity index (χ3n) is 2.72. The molecule has 4 heteroatoms. The molecule has 0 aliphatic rings. The number of hydrogen-bond donors (Lipinski definition) is 1. The van der Waals surface area contributed by atoms with E-state index in [2.05, 4.69) is 10.5 Å². The Balaban J connectivity index is 1.86. The zero-order chi connectivity index (χ0) is 14.2. The molecule has 3 nitrogen and oxygen atoms in total. The minimum absolute atomic E-state index is 0.604. The predicted octanol–water partition coefficient (Wildman–Crippen LogP) is 3.86. The van der Waals surface area contributed by atoms with Crippen LogP contribution in [0, 0.1) is 0 Å². The number of nitrogens with one attached hydrogen (secondary N) is 1. The lowest BCUT2D eigenvalue weighted by atomic mass is 10.2. The summed E-state index contributed by atoms with van der Waals surface area (Å²) in [5.41, 5.74) is 5.02. The van der Waals surface area contributed by atoms with Crippen molar-refractivity contribution in [2.24, 2.45) is 5.10 Å². The second-order valence-corrected chi connectivity index (χ2v) is 4.59. The van der Waals surface area contributed by atoms with Crippen LogP contribution in [-0.2, 0) is 6.54 Å². The van der Waals surface area contributed by atoms with Crippen LogP contribution in [0.25, 0.3) is 0 Å². The van der Waals surface area contributed by atoms with E-state index in [-0.39, 0.29) is 0 Å². The Kier molecular flexibility index (Phi) is 5.44. The molecule has 0 unspecified atom stereocenters. The zero-order valence-corrected chi connectivity index (χ0v) is 12.1. The Labute approximate surface area is 124 Å². The van der Waals surface area contributed by atoms with Crippen LogP contribution in [-0.4, -0.2) is 12.8 Å². The Bertz CT molecular complexity index is 567. The molecule has 20 heavy (non-hydrogen) atoms. The lowest BCUT2D eigenvalue weighted by Gasteiger charge is -2.03. The molecule has 0 saturated carbocycles. The lowest BCUT2D eigenvalue weighted by molar-refractivity contribution is 0.340. The fourth-order valence-electron chi connectivity index (χ4n) is 1.71. The normalized spacial score (nSPS) is 10.7. The van der Waals surface area contributed by atoms with Gasteiger partial charge < -0.3 is 10.2 Å². The quantitative estimate of drug-likeness (QED) is 0.647. The highest BCUT2D eigenvalue weighted by Gasteiger charge is 1.96. The van der Waals surface area contributed by atoms with E-state index in [1.807, 2.05) is 55.5 Å². The minimum atomic E-state index is 0.604. The van der Waals surface area contributed by atoms with E-state index in [1.165, 1.54) is 0 Å². The van der Waals surface area contributed by atoms with Crippen LogP contribution in [0.2, 0.25) is 5.02 Å². The number of hydrazone groups is 1. The molecule has 0 spiro atoms. The van der Waals surface area contributed by atoms with Crippen molar-refractivity contribution in [3.8, 4) is 5.75 Å². The number of rotatable bonds is 6. The molecule has 0 aromatic heterocycles. The van der Waals surface area contributed by atoms with Crippen molar-refractivity contribution in [2.75, 3.05) is 6.61 Å². The fraction of sp³-hybridized carbons (Fsp3) is 0.188. The molecule has 0 bridgehead atoms. The van der Waals surface area contributed by atoms with Crippen molar-refractivity contribution in [1.29, 1.82) is 0 Å². The first kappa shape index (κ1) is 14.4. The van der Waals surface area contributed by atoms with Crippen molar-refractivity contribution < 1.29 is 4.74 Å². The number of hydrogen-bond acceptors (Lipinski definition) is 3. The predicted molar refractivity (Wildman–Crippen MR) is 83.5 cm³/mol. The van der Waals surface area contributed by atoms with Crippen LogP contribution in [0.15, 0.2) is 53.6 Å². The second kappa shape index (κ2) is 7.56. The maximum atomic E-state index is 6.06. The van der Waals surface area contributed by atoms with Gasteiger partial charge in [-0.25, -0.2) is 0 Å². The van der Waals surface area contributed by atoms with Gasteiger partial charge in [-0.1, -0.05) is 29.8 Å². The zero-order valence-electron chi connectivity index (χ0n) is 11.3. The molecule has 0 heterocycles. The molecule has 1 N–H and O–H groups in total. The molecule has 104 valence electrons. The summed E-state index contributed by atoms with van der Waals surface area (Å²) >= 11 is 6.06. The molecule has 0 aliphatic heterocycles. The van der Waals surface area contributed by atoms with E-state index in [4.69, 9.17) is 16.3 Å². The van der Waals surface area contributed by atoms with Crippen LogP contribution in [0.3, 0.4) is 0 Å². The molecule has 0 atom stereocenters. The SMILES string of the molecule is CCOc1ccc(/C=N\NCc2ccccc2Cl)cc1. The molecular weight excluding hydrogens is 272 g/mol. The van der Waals surface area contributed by atoms with Crippen molar-refractivity contribution in [3.63, 3.8) is 0 Å². The van der Waals surface area contributed by atoms with Gasteiger partial charge in [-0.3, -0.25) is 0 Å². The molecular formula is C16H17ClN2O. The van der Waals surface area contributed by atoms with Crippen molar-refractivity contribution in [1.82, 2.24) is 5.43 Å². The van der Waals surface area contributed by atoms with Gasteiger partial charge in [0.1, 0.15) is 5.75 Å². The largest absolute Gasteiger partial charge is 0.494 e. The molecule has 0 saturated heterocycles. The van der Waals surface area contributed by atoms with Gasteiger partial charge in [0.15, 0.2) is 0 Å². The van der Waals surface area contributed by atoms with Gasteiger partial charge in [0.25, 0.3) is 0 Å². The van der Waals surface area contributed by atoms with Gasteiger partial charge in [0.2, 0.25) is 0 Å². The smallest absolute Gasteiger partial charge is 0.119 e. The molecule has 0 fully saturated rings. The van der Waals surface area contributed by atoms with Gasteiger partial charge in [-0.2, -0.15) is 5.10 Å². The van der Waals surface area contributed by atoms with Crippen molar-refractivity contribution in [3.05, 3.63) is 64.7 Å². The van der Waals surface area contributed by atoms with Gasteiger partial charge >= 0.3 is 0 Å². The molecule has 0 aliphatic carbocycles. The Morgan fingerprint density at radius 2 is 1.90 bits per heavy atom. The van der Waals surface area contributed by atoms with Gasteiger partial charge in [-0.15, -0.1) is 0 Å². The van der Waals surface area contributed by atoms with Crippen LogP contribution < -0.4 is 10.2 Å². The summed E-state index contributed by atoms with van der Waals surface area (Å²) in [5, 5.41) is 4.93. The van der Waals surface area contributed by atoms with E-state index in [0.717, 1.165) is 21.9 Å². The second-order valence-electron chi connectivity index (χ2n) is 4.19. The molecule has 2 aromatic carbocycles. The summed E-state index contributed by atoms with van der Waals surface area (Å²) in [4.78, 5) is 0. The average Bonchev–Trinajstić information content (AvgIpc) is 2.47. The van der Waals surface area contributed by atoms with Gasteiger partial charge in [0.05, 0.1) is 19.4 Å². The first-order valence-corrected chi connectivity index (χ1v) is 6.89. The summed E-state index contributed by atoms with van der Waals surface area (Å²) in [6.07, 6.45) is 1.77. The van der Waals surface area contributed by atoms with Crippen molar-refractivity contribution in [2.45, 2.75) is 13.5 Å². The van der Waals surface area contributed by atoms with E-state index in [0.29, 0.717) is 13.2 Å². The number of halogens is 1. The van der Waals surface area contributed by atoms with Crippen LogP contribution in [0.5, 0.6) is 5.75 Å². The summed E-state index contributed by atoms with van der Waals surface area (Å²) < 4.78 is 5.38. The van der Waals surface area contributed by atoms with Gasteiger partial charge in [0, 0.05) is 5.02 Å². The molecule has 2 rings (SSSR count). The van der Waals surface area contributed by atoms with E-state index >= 15 is 0 Å². The highest BCUT2D eigenvalue weighted by molar-refractivity contribution is 6.31. The highest BCUT2D eigenvalue weighted by Crippen LogP contribution is 2.14. The van der Waals surface area contributed by atoms with E-state index in [1.54, 1.807) is 6.21 Å². The van der Waals surface area contributed by atoms with Crippen molar-refractivity contribution >= 4 is 17.8 Å². The summed E-state index contributed by atoms with van der Waals surface area (Å²) in [6.45, 7) is 3.24. The maximum absolute atomic E-state index is 6.06. The summed E-state index contributed by atoms with van der Waals surface area (Å²) in [6, 6.07) is 15.5. The Morgan fingerprint density at radius 1 is 1.15 bits per heavy atom. The third-order valence-corrected chi connectivity index (χ3v) is 3.09. The van der Waals surface area contributed by atoms with Crippen LogP contribution >= 0.6 is 11.6 Å². The Morgan fingerprint density at radius 3 is 2.60 bits per heavy atom. The van der Waals surface area contributed by atoms with E-state index < -0.39 is 0 Å². The lowest BCUT2D eigenvalue weighted by Crippen LogP contribution is -2.05. The molecule has 0 amide bonds. The van der Waals surface area contributed by atoms with Crippen LogP contribution in [0.1, 0.15) is 18.1 Å². The van der Waals surface area contributed by atoms with Crippen LogP contribution in [0.4, 0.5) is 0 Å². The highest BCUT2D eigenvalue weighted by atomic mass is 35.5. The first-order valence-electron chi connectivity index (χ1n) is 6.52. The van der Waals surface area contributed by atoms with Gasteiger partial charge in [-0.05, 0) is 48.4 Å². The minimum Gasteiger partial charge on any atom is -0.494 e. The standard InChI is InChI=1S/C16H17ClN2O/c1-2-20-15-9-7-13(8-10-15)11-18-19-12-14-5-3-4-6-16(14)17/h3-11,19H,2,12H2,1H3/b18-11-. The maximum Gasteiger partial charge on any atom is 0.119 e. The summed E-state index contributed by atoms with van der Waals surface area (Å²) in [7, 11) is 0. The number of ether oxygens (including phenoxy) is 1. The molecule has 0 radical (unpaired) electrons. The molecule has 2 aromatic rings. The monoisotopic (exact) mass is 288 g/mol. The topological polar surface area (TPSA) is 33.6 Å². The number of benzene rings is 2. The Hall–Kier alpha value is -2.00. The first-order chi connectivity index (χ1) is 9.79. The fourth-order valence-corrected chi connectivity index (χ4v) is 1.91.